The highest BCUT2D eigenvalue weighted by Gasteiger charge is 2.16. The molecule has 0 unspecified atom stereocenters. The predicted molar refractivity (Wildman–Crippen MR) is 113 cm³/mol. The van der Waals surface area contributed by atoms with E-state index in [1.807, 2.05) is 6.92 Å². The molecule has 0 spiro atoms. The van der Waals surface area contributed by atoms with E-state index in [4.69, 9.17) is 9.84 Å². The van der Waals surface area contributed by atoms with Crippen molar-refractivity contribution in [1.82, 2.24) is 10.6 Å². The molecule has 0 bridgehead atoms. The molecule has 2 rings (SSSR count). The molecule has 7 heteroatoms. The van der Waals surface area contributed by atoms with Gasteiger partial charge in [0, 0.05) is 6.54 Å². The number of aliphatic hydroxyl groups is 1. The molecule has 2 amide bonds. The molecule has 2 aromatic carbocycles. The highest BCUT2D eigenvalue weighted by molar-refractivity contribution is 6.05. The van der Waals surface area contributed by atoms with Crippen LogP contribution in [-0.2, 0) is 4.79 Å². The van der Waals surface area contributed by atoms with E-state index in [-0.39, 0.29) is 24.4 Å². The quantitative estimate of drug-likeness (QED) is 0.337. The maximum atomic E-state index is 13.9. The van der Waals surface area contributed by atoms with E-state index < -0.39 is 17.6 Å². The lowest BCUT2D eigenvalue weighted by Gasteiger charge is -2.11. The molecule has 0 fully saturated rings. The second-order valence-electron chi connectivity index (χ2n) is 6.04. The van der Waals surface area contributed by atoms with E-state index in [1.54, 1.807) is 36.4 Å². The number of aliphatic hydroxyl groups excluding tert-OH is 1. The largest absolute Gasteiger partial charge is 0.458 e. The summed E-state index contributed by atoms with van der Waals surface area (Å²) in [5.74, 6) is -0.908. The van der Waals surface area contributed by atoms with Crippen molar-refractivity contribution < 1.29 is 23.8 Å². The molecule has 0 aliphatic rings. The standard InChI is InChI=1S/C23H23FN2O4/c1-3-17(4-2)30-18-11-9-16(10-12-18)15-21(23(29)25-13-14-27)26-22(28)19-7-5-6-8-20(19)24/h3-12,15,27H,1,13-14H2,2H3,(H,25,29)(H,26,28). The Balaban J connectivity index is 2.26. The molecular formula is C23H23FN2O4. The zero-order valence-corrected chi connectivity index (χ0v) is 16.5. The van der Waals surface area contributed by atoms with Crippen LogP contribution in [0.4, 0.5) is 4.39 Å². The van der Waals surface area contributed by atoms with Gasteiger partial charge in [-0.15, -0.1) is 0 Å². The van der Waals surface area contributed by atoms with Crippen LogP contribution in [0.1, 0.15) is 22.8 Å². The summed E-state index contributed by atoms with van der Waals surface area (Å²) in [6.07, 6.45) is 4.79. The number of halogens is 1. The fourth-order valence-corrected chi connectivity index (χ4v) is 2.41. The van der Waals surface area contributed by atoms with Crippen molar-refractivity contribution in [3.05, 3.63) is 95.7 Å². The van der Waals surface area contributed by atoms with Gasteiger partial charge in [0.25, 0.3) is 11.8 Å². The molecule has 0 aliphatic heterocycles. The lowest BCUT2D eigenvalue weighted by molar-refractivity contribution is -0.117. The predicted octanol–water partition coefficient (Wildman–Crippen LogP) is 3.17. The first-order chi connectivity index (χ1) is 14.5. The van der Waals surface area contributed by atoms with E-state index in [9.17, 15) is 14.0 Å². The molecular weight excluding hydrogens is 387 g/mol. The van der Waals surface area contributed by atoms with Gasteiger partial charge in [0.05, 0.1) is 12.2 Å². The van der Waals surface area contributed by atoms with Gasteiger partial charge in [0.15, 0.2) is 0 Å². The van der Waals surface area contributed by atoms with Crippen LogP contribution < -0.4 is 15.4 Å². The second kappa shape index (κ2) is 11.3. The van der Waals surface area contributed by atoms with Crippen LogP contribution in [0.3, 0.4) is 0 Å². The molecule has 156 valence electrons. The first-order valence-electron chi connectivity index (χ1n) is 9.21. The number of carbonyl (C=O) groups excluding carboxylic acids is 2. The van der Waals surface area contributed by atoms with Crippen molar-refractivity contribution in [1.29, 1.82) is 0 Å². The number of benzene rings is 2. The Morgan fingerprint density at radius 2 is 1.87 bits per heavy atom. The highest BCUT2D eigenvalue weighted by Crippen LogP contribution is 2.17. The number of hydrogen-bond acceptors (Lipinski definition) is 4. The Labute approximate surface area is 174 Å². The number of carbonyl (C=O) groups is 2. The van der Waals surface area contributed by atoms with Crippen LogP contribution in [0.5, 0.6) is 5.75 Å². The van der Waals surface area contributed by atoms with Crippen LogP contribution in [0.2, 0.25) is 0 Å². The van der Waals surface area contributed by atoms with Gasteiger partial charge in [0.2, 0.25) is 0 Å². The maximum absolute atomic E-state index is 13.9. The molecule has 0 aromatic heterocycles. The Morgan fingerprint density at radius 3 is 2.47 bits per heavy atom. The molecule has 0 heterocycles. The Bertz CT molecular complexity index is 965. The van der Waals surface area contributed by atoms with Crippen LogP contribution in [-0.4, -0.2) is 30.1 Å². The summed E-state index contributed by atoms with van der Waals surface area (Å²) in [4.78, 5) is 24.8. The summed E-state index contributed by atoms with van der Waals surface area (Å²) in [6, 6.07) is 12.2. The normalized spacial score (nSPS) is 11.6. The van der Waals surface area contributed by atoms with E-state index in [1.165, 1.54) is 24.3 Å². The van der Waals surface area contributed by atoms with Crippen LogP contribution in [0, 0.1) is 5.82 Å². The molecule has 0 atom stereocenters. The van der Waals surface area contributed by atoms with Crippen molar-refractivity contribution in [2.75, 3.05) is 13.2 Å². The number of nitrogens with one attached hydrogen (secondary N) is 2. The smallest absolute Gasteiger partial charge is 0.267 e. The zero-order chi connectivity index (χ0) is 21.9. The van der Waals surface area contributed by atoms with E-state index in [0.717, 1.165) is 6.07 Å². The SMILES string of the molecule is C=CC(=CC)Oc1ccc(C=C(NC(=O)c2ccccc2F)C(=O)NCCO)cc1. The van der Waals surface area contributed by atoms with Crippen molar-refractivity contribution in [3.8, 4) is 5.75 Å². The van der Waals surface area contributed by atoms with Gasteiger partial charge in [-0.25, -0.2) is 4.39 Å². The van der Waals surface area contributed by atoms with E-state index >= 15 is 0 Å². The minimum Gasteiger partial charge on any atom is -0.458 e. The van der Waals surface area contributed by atoms with Crippen LogP contribution in [0.15, 0.2) is 78.7 Å². The number of allylic oxidation sites excluding steroid dienone is 2. The summed E-state index contributed by atoms with van der Waals surface area (Å²) < 4.78 is 19.5. The van der Waals surface area contributed by atoms with E-state index in [0.29, 0.717) is 17.1 Å². The van der Waals surface area contributed by atoms with E-state index in [2.05, 4.69) is 17.2 Å². The summed E-state index contributed by atoms with van der Waals surface area (Å²) >= 11 is 0. The Kier molecular flexibility index (Phi) is 8.53. The van der Waals surface area contributed by atoms with Crippen molar-refractivity contribution in [2.24, 2.45) is 0 Å². The summed E-state index contributed by atoms with van der Waals surface area (Å²) in [5, 5.41) is 13.8. The minimum atomic E-state index is -0.762. The third kappa shape index (κ3) is 6.42. The van der Waals surface area contributed by atoms with Gasteiger partial charge in [-0.3, -0.25) is 9.59 Å². The molecule has 0 aliphatic carbocycles. The Hall–Kier alpha value is -3.71. The molecule has 0 saturated heterocycles. The molecule has 3 N–H and O–H groups in total. The van der Waals surface area contributed by atoms with Crippen LogP contribution in [0.25, 0.3) is 6.08 Å². The lowest BCUT2D eigenvalue weighted by Crippen LogP contribution is -2.36. The van der Waals surface area contributed by atoms with Gasteiger partial charge < -0.3 is 20.5 Å². The minimum absolute atomic E-state index is 0.00615. The number of hydrogen-bond donors (Lipinski definition) is 3. The first-order valence-corrected chi connectivity index (χ1v) is 9.21. The molecule has 6 nitrogen and oxygen atoms in total. The topological polar surface area (TPSA) is 87.7 Å². The number of ether oxygens (including phenoxy) is 1. The van der Waals surface area contributed by atoms with Crippen molar-refractivity contribution >= 4 is 17.9 Å². The maximum Gasteiger partial charge on any atom is 0.267 e. The first kappa shape index (κ1) is 22.6. The highest BCUT2D eigenvalue weighted by atomic mass is 19.1. The van der Waals surface area contributed by atoms with Crippen LogP contribution >= 0.6 is 0 Å². The molecule has 2 aromatic rings. The average Bonchev–Trinajstić information content (AvgIpc) is 2.76. The van der Waals surface area contributed by atoms with Gasteiger partial charge in [-0.05, 0) is 55.0 Å². The van der Waals surface area contributed by atoms with Gasteiger partial charge in [-0.1, -0.05) is 30.8 Å². The van der Waals surface area contributed by atoms with Gasteiger partial charge in [-0.2, -0.15) is 0 Å². The average molecular weight is 410 g/mol. The molecule has 0 radical (unpaired) electrons. The van der Waals surface area contributed by atoms with Crippen molar-refractivity contribution in [3.63, 3.8) is 0 Å². The second-order valence-corrected chi connectivity index (χ2v) is 6.04. The lowest BCUT2D eigenvalue weighted by atomic mass is 10.1. The fraction of sp³-hybridized carbons (Fsp3) is 0.130. The zero-order valence-electron chi connectivity index (χ0n) is 16.5. The van der Waals surface area contributed by atoms with Gasteiger partial charge >= 0.3 is 0 Å². The third-order valence-electron chi connectivity index (χ3n) is 3.92. The fourth-order valence-electron chi connectivity index (χ4n) is 2.41. The summed E-state index contributed by atoms with van der Waals surface area (Å²) in [5.41, 5.74) is 0.321. The number of rotatable bonds is 9. The monoisotopic (exact) mass is 410 g/mol. The summed E-state index contributed by atoms with van der Waals surface area (Å²) in [6.45, 7) is 5.22. The third-order valence-corrected chi connectivity index (χ3v) is 3.92. The molecule has 0 saturated carbocycles. The number of amides is 2. The Morgan fingerprint density at radius 1 is 1.17 bits per heavy atom. The van der Waals surface area contributed by atoms with Crippen molar-refractivity contribution in [2.45, 2.75) is 6.92 Å². The van der Waals surface area contributed by atoms with Gasteiger partial charge in [0.1, 0.15) is 23.0 Å². The summed E-state index contributed by atoms with van der Waals surface area (Å²) in [7, 11) is 0. The molecule has 30 heavy (non-hydrogen) atoms.